The molecule has 0 saturated heterocycles. The van der Waals surface area contributed by atoms with Crippen molar-refractivity contribution in [3.8, 4) is 0 Å². The van der Waals surface area contributed by atoms with Gasteiger partial charge in [-0.25, -0.2) is 4.98 Å². The van der Waals surface area contributed by atoms with Gasteiger partial charge < -0.3 is 5.73 Å². The standard InChI is InChI=1S/C9H13ClN2S/c1-9(2,3)13-7-5-12-8(11)4-6(7)10/h4-5H,1-3H3,(H2,11,12). The van der Waals surface area contributed by atoms with Crippen LogP contribution in [-0.2, 0) is 0 Å². The van der Waals surface area contributed by atoms with E-state index in [9.17, 15) is 0 Å². The van der Waals surface area contributed by atoms with Crippen LogP contribution in [0.15, 0.2) is 17.2 Å². The van der Waals surface area contributed by atoms with E-state index in [4.69, 9.17) is 17.3 Å². The van der Waals surface area contributed by atoms with Crippen molar-refractivity contribution in [1.82, 2.24) is 4.98 Å². The predicted molar refractivity (Wildman–Crippen MR) is 59.3 cm³/mol. The van der Waals surface area contributed by atoms with Crippen molar-refractivity contribution in [2.24, 2.45) is 0 Å². The average molecular weight is 217 g/mol. The van der Waals surface area contributed by atoms with Gasteiger partial charge in [0.25, 0.3) is 0 Å². The van der Waals surface area contributed by atoms with Gasteiger partial charge in [0.1, 0.15) is 5.82 Å². The van der Waals surface area contributed by atoms with Crippen LogP contribution in [0.25, 0.3) is 0 Å². The molecule has 0 aliphatic carbocycles. The molecule has 0 radical (unpaired) electrons. The largest absolute Gasteiger partial charge is 0.384 e. The van der Waals surface area contributed by atoms with Gasteiger partial charge in [-0.3, -0.25) is 0 Å². The third kappa shape index (κ3) is 3.44. The third-order valence-corrected chi connectivity index (χ3v) is 2.84. The van der Waals surface area contributed by atoms with Gasteiger partial charge in [-0.2, -0.15) is 0 Å². The summed E-state index contributed by atoms with van der Waals surface area (Å²) < 4.78 is 0.140. The quantitative estimate of drug-likeness (QED) is 0.733. The molecule has 0 atom stereocenters. The van der Waals surface area contributed by atoms with Gasteiger partial charge in [-0.05, 0) is 0 Å². The van der Waals surface area contributed by atoms with E-state index in [1.54, 1.807) is 24.0 Å². The van der Waals surface area contributed by atoms with E-state index >= 15 is 0 Å². The molecule has 2 nitrogen and oxygen atoms in total. The normalized spacial score (nSPS) is 11.7. The number of nitrogens with two attached hydrogens (primary N) is 1. The second-order valence-electron chi connectivity index (χ2n) is 3.75. The van der Waals surface area contributed by atoms with E-state index < -0.39 is 0 Å². The highest BCUT2D eigenvalue weighted by Crippen LogP contribution is 2.36. The summed E-state index contributed by atoms with van der Waals surface area (Å²) in [6.07, 6.45) is 1.72. The van der Waals surface area contributed by atoms with E-state index in [1.807, 2.05) is 0 Å². The highest BCUT2D eigenvalue weighted by molar-refractivity contribution is 8.00. The van der Waals surface area contributed by atoms with Crippen LogP contribution in [0.3, 0.4) is 0 Å². The summed E-state index contributed by atoms with van der Waals surface area (Å²) in [5.74, 6) is 0.461. The first-order valence-electron chi connectivity index (χ1n) is 3.98. The van der Waals surface area contributed by atoms with Crippen molar-refractivity contribution in [2.75, 3.05) is 5.73 Å². The van der Waals surface area contributed by atoms with Crippen molar-refractivity contribution in [3.05, 3.63) is 17.3 Å². The van der Waals surface area contributed by atoms with Crippen molar-refractivity contribution >= 4 is 29.2 Å². The fourth-order valence-electron chi connectivity index (χ4n) is 0.838. The summed E-state index contributed by atoms with van der Waals surface area (Å²) in [6, 6.07) is 1.68. The summed E-state index contributed by atoms with van der Waals surface area (Å²) in [5.41, 5.74) is 5.49. The highest BCUT2D eigenvalue weighted by Gasteiger charge is 2.14. The number of hydrogen-bond donors (Lipinski definition) is 1. The van der Waals surface area contributed by atoms with E-state index in [0.717, 1.165) is 4.90 Å². The first kappa shape index (κ1) is 10.7. The van der Waals surface area contributed by atoms with Gasteiger partial charge >= 0.3 is 0 Å². The van der Waals surface area contributed by atoms with Crippen LogP contribution in [0.4, 0.5) is 5.82 Å². The summed E-state index contributed by atoms with van der Waals surface area (Å²) >= 11 is 7.68. The maximum Gasteiger partial charge on any atom is 0.124 e. The Labute approximate surface area is 87.9 Å². The number of anilines is 1. The smallest absolute Gasteiger partial charge is 0.124 e. The summed E-state index contributed by atoms with van der Waals surface area (Å²) in [4.78, 5) is 4.97. The number of nitrogens with zero attached hydrogens (tertiary/aromatic N) is 1. The monoisotopic (exact) mass is 216 g/mol. The first-order chi connectivity index (χ1) is 5.88. The Bertz CT molecular complexity index is 307. The molecule has 1 aromatic rings. The molecule has 0 fully saturated rings. The first-order valence-corrected chi connectivity index (χ1v) is 5.18. The van der Waals surface area contributed by atoms with Gasteiger partial charge in [-0.1, -0.05) is 32.4 Å². The number of halogens is 1. The van der Waals surface area contributed by atoms with Gasteiger partial charge in [0.05, 0.1) is 5.02 Å². The molecule has 0 bridgehead atoms. The molecule has 0 aliphatic rings. The average Bonchev–Trinajstić information content (AvgIpc) is 1.93. The molecule has 72 valence electrons. The van der Waals surface area contributed by atoms with E-state index in [0.29, 0.717) is 10.8 Å². The molecule has 0 saturated carbocycles. The van der Waals surface area contributed by atoms with Crippen molar-refractivity contribution in [2.45, 2.75) is 30.4 Å². The molecule has 0 aromatic carbocycles. The Hall–Kier alpha value is -0.410. The zero-order valence-corrected chi connectivity index (χ0v) is 9.54. The van der Waals surface area contributed by atoms with Crippen LogP contribution in [0, 0.1) is 0 Å². The van der Waals surface area contributed by atoms with Crippen LogP contribution in [0.5, 0.6) is 0 Å². The Kier molecular flexibility index (Phi) is 3.09. The zero-order valence-electron chi connectivity index (χ0n) is 7.97. The maximum atomic E-state index is 5.99. The van der Waals surface area contributed by atoms with Crippen molar-refractivity contribution in [1.29, 1.82) is 0 Å². The van der Waals surface area contributed by atoms with Crippen LogP contribution in [0.2, 0.25) is 5.02 Å². The van der Waals surface area contributed by atoms with E-state index in [1.165, 1.54) is 0 Å². The molecule has 2 N–H and O–H groups in total. The molecule has 13 heavy (non-hydrogen) atoms. The number of nitrogen functional groups attached to an aromatic ring is 1. The number of aromatic nitrogens is 1. The Morgan fingerprint density at radius 1 is 1.46 bits per heavy atom. The Morgan fingerprint density at radius 2 is 2.08 bits per heavy atom. The molecule has 1 heterocycles. The van der Waals surface area contributed by atoms with Crippen LogP contribution < -0.4 is 5.73 Å². The molecule has 1 aromatic heterocycles. The lowest BCUT2D eigenvalue weighted by molar-refractivity contribution is 0.802. The summed E-state index contributed by atoms with van der Waals surface area (Å²) in [5, 5.41) is 0.674. The number of hydrogen-bond acceptors (Lipinski definition) is 3. The minimum Gasteiger partial charge on any atom is -0.384 e. The van der Waals surface area contributed by atoms with E-state index in [-0.39, 0.29) is 4.75 Å². The van der Waals surface area contributed by atoms with Crippen LogP contribution in [0.1, 0.15) is 20.8 Å². The number of pyridine rings is 1. The molecular weight excluding hydrogens is 204 g/mol. The topological polar surface area (TPSA) is 38.9 Å². The lowest BCUT2D eigenvalue weighted by Gasteiger charge is -2.17. The Balaban J connectivity index is 2.90. The number of thioether (sulfide) groups is 1. The maximum absolute atomic E-state index is 5.99. The molecule has 4 heteroatoms. The second kappa shape index (κ2) is 3.76. The molecular formula is C9H13ClN2S. The number of rotatable bonds is 1. The summed E-state index contributed by atoms with van der Waals surface area (Å²) in [6.45, 7) is 6.39. The van der Waals surface area contributed by atoms with Crippen LogP contribution in [-0.4, -0.2) is 9.73 Å². The fraction of sp³-hybridized carbons (Fsp3) is 0.444. The van der Waals surface area contributed by atoms with E-state index in [2.05, 4.69) is 25.8 Å². The molecule has 0 aliphatic heterocycles. The third-order valence-electron chi connectivity index (χ3n) is 1.26. The lowest BCUT2D eigenvalue weighted by atomic mass is 10.3. The lowest BCUT2D eigenvalue weighted by Crippen LogP contribution is -2.07. The molecule has 0 amide bonds. The minimum absolute atomic E-state index is 0.140. The van der Waals surface area contributed by atoms with Gasteiger partial charge in [-0.15, -0.1) is 11.8 Å². The van der Waals surface area contributed by atoms with Crippen molar-refractivity contribution < 1.29 is 0 Å². The fourth-order valence-corrected chi connectivity index (χ4v) is 2.04. The Morgan fingerprint density at radius 3 is 2.54 bits per heavy atom. The van der Waals surface area contributed by atoms with Gasteiger partial charge in [0.2, 0.25) is 0 Å². The molecule has 1 rings (SSSR count). The minimum atomic E-state index is 0.140. The highest BCUT2D eigenvalue weighted by atomic mass is 35.5. The molecule has 0 spiro atoms. The summed E-state index contributed by atoms with van der Waals surface area (Å²) in [7, 11) is 0. The van der Waals surface area contributed by atoms with Crippen LogP contribution >= 0.6 is 23.4 Å². The van der Waals surface area contributed by atoms with Crippen molar-refractivity contribution in [3.63, 3.8) is 0 Å². The second-order valence-corrected chi connectivity index (χ2v) is 6.03. The zero-order chi connectivity index (χ0) is 10.1. The van der Waals surface area contributed by atoms with Gasteiger partial charge in [0, 0.05) is 21.9 Å². The SMILES string of the molecule is CC(C)(C)Sc1cnc(N)cc1Cl. The van der Waals surface area contributed by atoms with Gasteiger partial charge in [0.15, 0.2) is 0 Å². The molecule has 0 unspecified atom stereocenters. The predicted octanol–water partition coefficient (Wildman–Crippen LogP) is 3.21.